The molecule has 0 radical (unpaired) electrons. The van der Waals surface area contributed by atoms with Crippen molar-refractivity contribution in [2.75, 3.05) is 27.3 Å². The number of nitrogens with zero attached hydrogens (tertiary/aromatic N) is 1. The lowest BCUT2D eigenvalue weighted by Crippen LogP contribution is -2.50. The van der Waals surface area contributed by atoms with E-state index in [4.69, 9.17) is 15.2 Å². The van der Waals surface area contributed by atoms with Crippen LogP contribution in [0.2, 0.25) is 0 Å². The van der Waals surface area contributed by atoms with Gasteiger partial charge in [-0.05, 0) is 31.4 Å². The Balaban J connectivity index is 2.20. The van der Waals surface area contributed by atoms with Crippen molar-refractivity contribution in [2.24, 2.45) is 5.73 Å². The minimum Gasteiger partial charge on any atom is -0.497 e. The topological polar surface area (TPSA) is 93.9 Å². The summed E-state index contributed by atoms with van der Waals surface area (Å²) in [7, 11) is 3.09. The number of likely N-dealkylation sites (tertiary alicyclic amines) is 1. The minimum atomic E-state index is -0.578. The highest BCUT2D eigenvalue weighted by molar-refractivity contribution is 5.95. The fourth-order valence-electron chi connectivity index (χ4n) is 2.80. The van der Waals surface area contributed by atoms with Gasteiger partial charge in [-0.1, -0.05) is 0 Å². The predicted molar refractivity (Wildman–Crippen MR) is 85.8 cm³/mol. The van der Waals surface area contributed by atoms with E-state index in [1.54, 1.807) is 37.3 Å². The first-order chi connectivity index (χ1) is 11.0. The highest BCUT2D eigenvalue weighted by atomic mass is 16.5. The van der Waals surface area contributed by atoms with E-state index in [1.165, 1.54) is 0 Å². The molecule has 1 aromatic rings. The molecule has 1 aliphatic heterocycles. The summed E-state index contributed by atoms with van der Waals surface area (Å²) in [4.78, 5) is 25.6. The van der Waals surface area contributed by atoms with Crippen molar-refractivity contribution < 1.29 is 19.1 Å². The molecular formula is C16H23N3O4. The van der Waals surface area contributed by atoms with Gasteiger partial charge in [-0.25, -0.2) is 4.79 Å². The molecule has 0 bridgehead atoms. The Morgan fingerprint density at radius 1 is 1.22 bits per heavy atom. The molecule has 1 atom stereocenters. The quantitative estimate of drug-likeness (QED) is 0.856. The van der Waals surface area contributed by atoms with Crippen molar-refractivity contribution >= 4 is 11.9 Å². The molecule has 126 valence electrons. The number of nitrogens with two attached hydrogens (primary N) is 1. The first-order valence-corrected chi connectivity index (χ1v) is 7.62. The van der Waals surface area contributed by atoms with Crippen LogP contribution in [0.4, 0.5) is 4.79 Å². The van der Waals surface area contributed by atoms with Crippen LogP contribution in [-0.2, 0) is 0 Å². The Morgan fingerprint density at radius 2 is 1.87 bits per heavy atom. The van der Waals surface area contributed by atoms with Crippen LogP contribution >= 0.6 is 0 Å². The number of hydrogen-bond acceptors (Lipinski definition) is 4. The molecule has 0 saturated carbocycles. The average molecular weight is 321 g/mol. The molecule has 1 saturated heterocycles. The molecular weight excluding hydrogens is 298 g/mol. The van der Waals surface area contributed by atoms with Gasteiger partial charge in [-0.3, -0.25) is 4.79 Å². The normalized spacial score (nSPS) is 17.5. The number of carbonyl (C=O) groups is 2. The van der Waals surface area contributed by atoms with Crippen molar-refractivity contribution in [2.45, 2.75) is 25.3 Å². The average Bonchev–Trinajstić information content (AvgIpc) is 2.58. The Bertz CT molecular complexity index is 554. The molecule has 1 heterocycles. The SMILES string of the molecule is COc1cc(OC)cc(C(=O)N2CCCC[C@@H]2CNC(N)=O)c1. The third kappa shape index (κ3) is 4.28. The van der Waals surface area contributed by atoms with E-state index >= 15 is 0 Å². The van der Waals surface area contributed by atoms with Crippen LogP contribution < -0.4 is 20.5 Å². The van der Waals surface area contributed by atoms with E-state index in [0.29, 0.717) is 30.2 Å². The van der Waals surface area contributed by atoms with Crippen LogP contribution in [0.1, 0.15) is 29.6 Å². The van der Waals surface area contributed by atoms with Crippen LogP contribution in [0, 0.1) is 0 Å². The smallest absolute Gasteiger partial charge is 0.312 e. The van der Waals surface area contributed by atoms with E-state index < -0.39 is 6.03 Å². The van der Waals surface area contributed by atoms with Gasteiger partial charge in [0.2, 0.25) is 0 Å². The molecule has 23 heavy (non-hydrogen) atoms. The first kappa shape index (κ1) is 16.9. The molecule has 3 amide bonds. The Morgan fingerprint density at radius 3 is 2.43 bits per heavy atom. The van der Waals surface area contributed by atoms with E-state index in [1.807, 2.05) is 0 Å². The summed E-state index contributed by atoms with van der Waals surface area (Å²) in [6, 6.07) is 4.47. The van der Waals surface area contributed by atoms with Crippen molar-refractivity contribution in [1.82, 2.24) is 10.2 Å². The van der Waals surface area contributed by atoms with Crippen LogP contribution in [0.3, 0.4) is 0 Å². The van der Waals surface area contributed by atoms with Gasteiger partial charge < -0.3 is 25.4 Å². The number of rotatable bonds is 5. The van der Waals surface area contributed by atoms with Gasteiger partial charge in [0, 0.05) is 30.8 Å². The Hall–Kier alpha value is -2.44. The lowest BCUT2D eigenvalue weighted by Gasteiger charge is -2.36. The van der Waals surface area contributed by atoms with Crippen molar-refractivity contribution in [3.63, 3.8) is 0 Å². The second-order valence-corrected chi connectivity index (χ2v) is 5.49. The lowest BCUT2D eigenvalue weighted by molar-refractivity contribution is 0.0614. The summed E-state index contributed by atoms with van der Waals surface area (Å²) >= 11 is 0. The Kier molecular flexibility index (Phi) is 5.67. The van der Waals surface area contributed by atoms with Gasteiger partial charge in [0.15, 0.2) is 0 Å². The maximum Gasteiger partial charge on any atom is 0.312 e. The summed E-state index contributed by atoms with van der Waals surface area (Å²) in [5.74, 6) is 1.03. The van der Waals surface area contributed by atoms with Crippen LogP contribution in [0.15, 0.2) is 18.2 Å². The third-order valence-corrected chi connectivity index (χ3v) is 4.00. The second-order valence-electron chi connectivity index (χ2n) is 5.49. The molecule has 1 fully saturated rings. The number of hydrogen-bond donors (Lipinski definition) is 2. The lowest BCUT2D eigenvalue weighted by atomic mass is 10.0. The summed E-state index contributed by atoms with van der Waals surface area (Å²) in [6.07, 6.45) is 2.81. The fraction of sp³-hybridized carbons (Fsp3) is 0.500. The second kappa shape index (κ2) is 7.71. The van der Waals surface area contributed by atoms with Crippen molar-refractivity contribution in [1.29, 1.82) is 0 Å². The molecule has 0 unspecified atom stereocenters. The minimum absolute atomic E-state index is 0.0547. The standard InChI is InChI=1S/C16H23N3O4/c1-22-13-7-11(8-14(9-13)23-2)15(20)19-6-4-3-5-12(19)10-18-16(17)21/h7-9,12H,3-6,10H2,1-2H3,(H3,17,18,21)/t12-/m1/s1. The zero-order valence-electron chi connectivity index (χ0n) is 13.5. The first-order valence-electron chi connectivity index (χ1n) is 7.62. The van der Waals surface area contributed by atoms with Crippen LogP contribution in [0.5, 0.6) is 11.5 Å². The van der Waals surface area contributed by atoms with Crippen LogP contribution in [-0.4, -0.2) is 50.2 Å². The number of piperidine rings is 1. The van der Waals surface area contributed by atoms with Crippen molar-refractivity contribution in [3.8, 4) is 11.5 Å². The molecule has 7 heteroatoms. The maximum atomic E-state index is 12.9. The molecule has 3 N–H and O–H groups in total. The number of methoxy groups -OCH3 is 2. The number of urea groups is 1. The zero-order chi connectivity index (χ0) is 16.8. The molecule has 1 aromatic carbocycles. The number of ether oxygens (including phenoxy) is 2. The molecule has 2 rings (SSSR count). The predicted octanol–water partition coefficient (Wildman–Crippen LogP) is 1.37. The number of carbonyl (C=O) groups excluding carboxylic acids is 2. The van der Waals surface area contributed by atoms with Crippen molar-refractivity contribution in [3.05, 3.63) is 23.8 Å². The molecule has 0 spiro atoms. The van der Waals surface area contributed by atoms with Crippen LogP contribution in [0.25, 0.3) is 0 Å². The summed E-state index contributed by atoms with van der Waals surface area (Å²) in [5.41, 5.74) is 5.64. The Labute approximate surface area is 135 Å². The summed E-state index contributed by atoms with van der Waals surface area (Å²) in [5, 5.41) is 2.59. The van der Waals surface area contributed by atoms with E-state index in [0.717, 1.165) is 19.3 Å². The number of amides is 3. The van der Waals surface area contributed by atoms with Gasteiger partial charge in [-0.15, -0.1) is 0 Å². The molecule has 0 aliphatic carbocycles. The van der Waals surface area contributed by atoms with Gasteiger partial charge in [0.05, 0.1) is 14.2 Å². The third-order valence-electron chi connectivity index (χ3n) is 4.00. The van der Waals surface area contributed by atoms with Gasteiger partial charge in [0.1, 0.15) is 11.5 Å². The zero-order valence-corrected chi connectivity index (χ0v) is 13.5. The van der Waals surface area contributed by atoms with Gasteiger partial charge in [0.25, 0.3) is 5.91 Å². The molecule has 0 aromatic heterocycles. The largest absolute Gasteiger partial charge is 0.497 e. The maximum absolute atomic E-state index is 12.9. The highest BCUT2D eigenvalue weighted by Gasteiger charge is 2.28. The number of primary amides is 1. The summed E-state index contributed by atoms with van der Waals surface area (Å²) in [6.45, 7) is 1.02. The molecule has 7 nitrogen and oxygen atoms in total. The van der Waals surface area contributed by atoms with Gasteiger partial charge >= 0.3 is 6.03 Å². The van der Waals surface area contributed by atoms with E-state index in [9.17, 15) is 9.59 Å². The highest BCUT2D eigenvalue weighted by Crippen LogP contribution is 2.26. The fourth-order valence-corrected chi connectivity index (χ4v) is 2.80. The van der Waals surface area contributed by atoms with Gasteiger partial charge in [-0.2, -0.15) is 0 Å². The van der Waals surface area contributed by atoms with E-state index in [-0.39, 0.29) is 11.9 Å². The molecule has 1 aliphatic rings. The monoisotopic (exact) mass is 321 g/mol. The van der Waals surface area contributed by atoms with E-state index in [2.05, 4.69) is 5.32 Å². The summed E-state index contributed by atoms with van der Waals surface area (Å²) < 4.78 is 10.4. The number of benzene rings is 1. The number of nitrogens with one attached hydrogen (secondary N) is 1.